The second kappa shape index (κ2) is 4.83. The summed E-state index contributed by atoms with van der Waals surface area (Å²) in [6.45, 7) is 1.11. The highest BCUT2D eigenvalue weighted by molar-refractivity contribution is 5.65. The van der Waals surface area contributed by atoms with Gasteiger partial charge in [-0.05, 0) is 43.9 Å². The van der Waals surface area contributed by atoms with Gasteiger partial charge in [-0.3, -0.25) is 4.90 Å². The lowest BCUT2D eigenvalue weighted by molar-refractivity contribution is -0.153. The van der Waals surface area contributed by atoms with E-state index in [2.05, 4.69) is 0 Å². The van der Waals surface area contributed by atoms with Crippen LogP contribution in [0.25, 0.3) is 0 Å². The molecule has 0 radical (unpaired) electrons. The molecular formula is C14H22F2N2O2. The average molecular weight is 288 g/mol. The van der Waals surface area contributed by atoms with Gasteiger partial charge >= 0.3 is 6.09 Å². The van der Waals surface area contributed by atoms with Gasteiger partial charge in [0.25, 0.3) is 5.92 Å². The minimum atomic E-state index is -2.47. The number of rotatable bonds is 1. The summed E-state index contributed by atoms with van der Waals surface area (Å²) in [6.07, 6.45) is 5.15. The third-order valence-electron chi connectivity index (χ3n) is 5.50. The van der Waals surface area contributed by atoms with Crippen molar-refractivity contribution in [1.29, 1.82) is 0 Å². The maximum Gasteiger partial charge on any atom is 0.407 e. The zero-order valence-corrected chi connectivity index (χ0v) is 11.7. The van der Waals surface area contributed by atoms with Crippen LogP contribution in [0.5, 0.6) is 0 Å². The summed E-state index contributed by atoms with van der Waals surface area (Å²) < 4.78 is 25.8. The van der Waals surface area contributed by atoms with Crippen LogP contribution >= 0.6 is 0 Å². The topological polar surface area (TPSA) is 43.8 Å². The highest BCUT2D eigenvalue weighted by atomic mass is 19.3. The third kappa shape index (κ3) is 2.62. The molecule has 2 saturated heterocycles. The minimum Gasteiger partial charge on any atom is -0.465 e. The Balaban J connectivity index is 1.48. The summed E-state index contributed by atoms with van der Waals surface area (Å²) in [6, 6.07) is 0.317. The molecule has 3 aliphatic rings. The lowest BCUT2D eigenvalue weighted by Gasteiger charge is -2.50. The number of nitrogens with zero attached hydrogens (tertiary/aromatic N) is 2. The first-order chi connectivity index (χ1) is 9.39. The summed E-state index contributed by atoms with van der Waals surface area (Å²) in [4.78, 5) is 14.3. The normalized spacial score (nSPS) is 30.2. The van der Waals surface area contributed by atoms with E-state index < -0.39 is 12.0 Å². The fourth-order valence-corrected chi connectivity index (χ4v) is 4.06. The number of amides is 1. The van der Waals surface area contributed by atoms with Gasteiger partial charge in [-0.1, -0.05) is 0 Å². The van der Waals surface area contributed by atoms with Crippen LogP contribution in [-0.2, 0) is 0 Å². The molecule has 0 aromatic rings. The fraction of sp³-hybridized carbons (Fsp3) is 0.929. The first kappa shape index (κ1) is 14.0. The molecule has 1 saturated carbocycles. The Hall–Kier alpha value is -0.910. The van der Waals surface area contributed by atoms with Crippen molar-refractivity contribution in [3.63, 3.8) is 0 Å². The molecule has 0 aromatic carbocycles. The Morgan fingerprint density at radius 1 is 1.05 bits per heavy atom. The molecule has 3 fully saturated rings. The Labute approximate surface area is 117 Å². The van der Waals surface area contributed by atoms with E-state index in [9.17, 15) is 13.6 Å². The summed E-state index contributed by atoms with van der Waals surface area (Å²) in [7, 11) is 0. The van der Waals surface area contributed by atoms with Gasteiger partial charge < -0.3 is 10.0 Å². The van der Waals surface area contributed by atoms with Crippen LogP contribution in [0.4, 0.5) is 13.6 Å². The van der Waals surface area contributed by atoms with Gasteiger partial charge in [0.05, 0.1) is 13.1 Å². The Morgan fingerprint density at radius 2 is 1.60 bits per heavy atom. The number of carbonyl (C=O) groups is 1. The molecule has 0 aromatic heterocycles. The quantitative estimate of drug-likeness (QED) is 0.806. The number of hydrogen-bond acceptors (Lipinski definition) is 2. The van der Waals surface area contributed by atoms with Crippen molar-refractivity contribution in [2.24, 2.45) is 5.41 Å². The number of likely N-dealkylation sites (tertiary alicyclic amines) is 2. The zero-order chi connectivity index (χ0) is 14.4. The zero-order valence-electron chi connectivity index (χ0n) is 11.7. The van der Waals surface area contributed by atoms with Gasteiger partial charge in [0.15, 0.2) is 0 Å². The molecule has 0 atom stereocenters. The van der Waals surface area contributed by atoms with E-state index in [-0.39, 0.29) is 18.5 Å². The van der Waals surface area contributed by atoms with Crippen molar-refractivity contribution in [2.75, 3.05) is 26.2 Å². The first-order valence-electron chi connectivity index (χ1n) is 7.49. The fourth-order valence-electron chi connectivity index (χ4n) is 4.06. The third-order valence-corrected chi connectivity index (χ3v) is 5.50. The average Bonchev–Trinajstić information content (AvgIpc) is 2.37. The van der Waals surface area contributed by atoms with Crippen molar-refractivity contribution >= 4 is 6.09 Å². The molecule has 6 heteroatoms. The number of piperidine rings is 1. The van der Waals surface area contributed by atoms with Gasteiger partial charge in [0.2, 0.25) is 0 Å². The second-order valence-corrected chi connectivity index (χ2v) is 6.76. The highest BCUT2D eigenvalue weighted by Crippen LogP contribution is 2.46. The maximum absolute atomic E-state index is 12.9. The highest BCUT2D eigenvalue weighted by Gasteiger charge is 2.48. The largest absolute Gasteiger partial charge is 0.465 e. The first-order valence-corrected chi connectivity index (χ1v) is 7.49. The maximum atomic E-state index is 12.9. The molecule has 20 heavy (non-hydrogen) atoms. The smallest absolute Gasteiger partial charge is 0.407 e. The van der Waals surface area contributed by atoms with Gasteiger partial charge in [0.1, 0.15) is 0 Å². The van der Waals surface area contributed by atoms with Crippen LogP contribution in [0.2, 0.25) is 0 Å². The minimum absolute atomic E-state index is 0.0720. The molecular weight excluding hydrogens is 266 g/mol. The van der Waals surface area contributed by atoms with E-state index in [0.717, 1.165) is 38.5 Å². The molecule has 114 valence electrons. The van der Waals surface area contributed by atoms with E-state index >= 15 is 0 Å². The van der Waals surface area contributed by atoms with Crippen molar-refractivity contribution < 1.29 is 18.7 Å². The predicted octanol–water partition coefficient (Wildman–Crippen LogP) is 2.64. The number of hydrogen-bond donors (Lipinski definition) is 1. The van der Waals surface area contributed by atoms with Crippen LogP contribution in [0.1, 0.15) is 38.5 Å². The Bertz CT molecular complexity index is 377. The monoisotopic (exact) mass is 288 g/mol. The standard InChI is InChI=1S/C14H22F2N2O2/c15-14(16)9-18(10-14)11-1-3-13(4-2-11)5-7-17(8-6-13)12(19)20/h11H,1-10H2,(H,19,20). The summed E-state index contributed by atoms with van der Waals surface area (Å²) in [5, 5.41) is 8.98. The van der Waals surface area contributed by atoms with Gasteiger partial charge in [-0.15, -0.1) is 0 Å². The van der Waals surface area contributed by atoms with Crippen molar-refractivity contribution in [2.45, 2.75) is 50.5 Å². The van der Waals surface area contributed by atoms with Crippen LogP contribution in [0.3, 0.4) is 0 Å². The summed E-state index contributed by atoms with van der Waals surface area (Å²) in [5.41, 5.74) is 0.274. The Morgan fingerprint density at radius 3 is 2.05 bits per heavy atom. The summed E-state index contributed by atoms with van der Waals surface area (Å²) >= 11 is 0. The molecule has 1 amide bonds. The van der Waals surface area contributed by atoms with Gasteiger partial charge in [0, 0.05) is 19.1 Å². The van der Waals surface area contributed by atoms with Crippen molar-refractivity contribution in [3.05, 3.63) is 0 Å². The molecule has 2 aliphatic heterocycles. The molecule has 0 unspecified atom stereocenters. The molecule has 0 bridgehead atoms. The van der Waals surface area contributed by atoms with Crippen molar-refractivity contribution in [3.8, 4) is 0 Å². The van der Waals surface area contributed by atoms with Crippen LogP contribution in [0, 0.1) is 5.41 Å². The summed E-state index contributed by atoms with van der Waals surface area (Å²) in [5.74, 6) is -2.47. The van der Waals surface area contributed by atoms with E-state index in [1.807, 2.05) is 4.90 Å². The molecule has 3 rings (SSSR count). The van der Waals surface area contributed by atoms with Gasteiger partial charge in [-0.25, -0.2) is 13.6 Å². The van der Waals surface area contributed by atoms with E-state index in [1.165, 1.54) is 4.90 Å². The van der Waals surface area contributed by atoms with Crippen LogP contribution in [0.15, 0.2) is 0 Å². The molecule has 2 heterocycles. The predicted molar refractivity (Wildman–Crippen MR) is 70.0 cm³/mol. The lowest BCUT2D eigenvalue weighted by atomic mass is 9.66. The number of halogens is 2. The van der Waals surface area contributed by atoms with Gasteiger partial charge in [-0.2, -0.15) is 0 Å². The number of alkyl halides is 2. The van der Waals surface area contributed by atoms with Crippen molar-refractivity contribution in [1.82, 2.24) is 9.80 Å². The Kier molecular flexibility index (Phi) is 3.39. The van der Waals surface area contributed by atoms with E-state index in [4.69, 9.17) is 5.11 Å². The molecule has 1 N–H and O–H groups in total. The molecule has 1 spiro atoms. The van der Waals surface area contributed by atoms with Crippen LogP contribution in [-0.4, -0.2) is 59.1 Å². The van der Waals surface area contributed by atoms with Crippen LogP contribution < -0.4 is 0 Å². The number of carboxylic acid groups (broad SMARTS) is 1. The second-order valence-electron chi connectivity index (χ2n) is 6.76. The molecule has 1 aliphatic carbocycles. The molecule has 4 nitrogen and oxygen atoms in total. The van der Waals surface area contributed by atoms with E-state index in [1.54, 1.807) is 0 Å². The lowest BCUT2D eigenvalue weighted by Crippen LogP contribution is -2.61. The SMILES string of the molecule is O=C(O)N1CCC2(CCC(N3CC(F)(F)C3)CC2)CC1. The van der Waals surface area contributed by atoms with E-state index in [0.29, 0.717) is 19.1 Å².